The first-order valence-electron chi connectivity index (χ1n) is 7.66. The summed E-state index contributed by atoms with van der Waals surface area (Å²) in [6, 6.07) is 16.8. The molecule has 6 heteroatoms. The van der Waals surface area contributed by atoms with Crippen LogP contribution in [0, 0.1) is 0 Å². The number of para-hydroxylation sites is 2. The molecule has 1 aliphatic carbocycles. The highest BCUT2D eigenvalue weighted by Crippen LogP contribution is 2.38. The van der Waals surface area contributed by atoms with E-state index in [9.17, 15) is 8.42 Å². The van der Waals surface area contributed by atoms with E-state index in [-0.39, 0.29) is 11.4 Å². The summed E-state index contributed by atoms with van der Waals surface area (Å²) in [7, 11) is -3.52. The SMILES string of the molecule is O=S(=O)(NCc1nc2ccccc2n1C1CC1)c1ccccc1. The van der Waals surface area contributed by atoms with E-state index in [1.54, 1.807) is 30.3 Å². The molecule has 1 aromatic heterocycles. The number of nitrogens with one attached hydrogen (secondary N) is 1. The predicted octanol–water partition coefficient (Wildman–Crippen LogP) is 2.85. The maximum atomic E-state index is 12.4. The number of rotatable bonds is 5. The molecule has 1 aliphatic rings. The van der Waals surface area contributed by atoms with Crippen molar-refractivity contribution >= 4 is 21.1 Å². The van der Waals surface area contributed by atoms with Crippen molar-refractivity contribution in [2.75, 3.05) is 0 Å². The van der Waals surface area contributed by atoms with Gasteiger partial charge in [0.1, 0.15) is 5.82 Å². The van der Waals surface area contributed by atoms with Gasteiger partial charge in [0.15, 0.2) is 0 Å². The average molecular weight is 327 g/mol. The summed E-state index contributed by atoms with van der Waals surface area (Å²) < 4.78 is 29.6. The summed E-state index contributed by atoms with van der Waals surface area (Å²) >= 11 is 0. The smallest absolute Gasteiger partial charge is 0.240 e. The van der Waals surface area contributed by atoms with Gasteiger partial charge in [0.25, 0.3) is 0 Å². The van der Waals surface area contributed by atoms with Crippen molar-refractivity contribution in [1.29, 1.82) is 0 Å². The zero-order chi connectivity index (χ0) is 15.9. The van der Waals surface area contributed by atoms with Gasteiger partial charge < -0.3 is 4.57 Å². The third-order valence-corrected chi connectivity index (χ3v) is 5.47. The molecule has 0 bridgehead atoms. The normalized spacial score (nSPS) is 15.1. The zero-order valence-electron chi connectivity index (χ0n) is 12.5. The summed E-state index contributed by atoms with van der Waals surface area (Å²) in [5, 5.41) is 0. The van der Waals surface area contributed by atoms with Gasteiger partial charge in [0.05, 0.1) is 22.5 Å². The van der Waals surface area contributed by atoms with Crippen LogP contribution >= 0.6 is 0 Å². The Morgan fingerprint density at radius 1 is 1.04 bits per heavy atom. The molecule has 1 saturated carbocycles. The van der Waals surface area contributed by atoms with E-state index in [4.69, 9.17) is 0 Å². The first kappa shape index (κ1) is 14.4. The topological polar surface area (TPSA) is 64.0 Å². The van der Waals surface area contributed by atoms with E-state index >= 15 is 0 Å². The Balaban J connectivity index is 1.65. The molecule has 0 atom stereocenters. The maximum absolute atomic E-state index is 12.4. The van der Waals surface area contributed by atoms with E-state index in [1.807, 2.05) is 24.3 Å². The summed E-state index contributed by atoms with van der Waals surface area (Å²) in [5.41, 5.74) is 1.98. The monoisotopic (exact) mass is 327 g/mol. The van der Waals surface area contributed by atoms with Gasteiger partial charge in [-0.3, -0.25) is 0 Å². The number of hydrogen-bond acceptors (Lipinski definition) is 3. The lowest BCUT2D eigenvalue weighted by Gasteiger charge is -2.09. The van der Waals surface area contributed by atoms with Crippen LogP contribution in [0.15, 0.2) is 59.5 Å². The van der Waals surface area contributed by atoms with Gasteiger partial charge >= 0.3 is 0 Å². The highest BCUT2D eigenvalue weighted by atomic mass is 32.2. The average Bonchev–Trinajstić information content (AvgIpc) is 3.34. The Hall–Kier alpha value is -2.18. The van der Waals surface area contributed by atoms with E-state index < -0.39 is 10.0 Å². The van der Waals surface area contributed by atoms with Crippen molar-refractivity contribution in [1.82, 2.24) is 14.3 Å². The lowest BCUT2D eigenvalue weighted by Crippen LogP contribution is -2.25. The Labute approximate surface area is 135 Å². The van der Waals surface area contributed by atoms with Gasteiger partial charge in [0.2, 0.25) is 10.0 Å². The van der Waals surface area contributed by atoms with Gasteiger partial charge in [-0.1, -0.05) is 30.3 Å². The fourth-order valence-electron chi connectivity index (χ4n) is 2.80. The molecule has 3 aromatic rings. The molecule has 23 heavy (non-hydrogen) atoms. The van der Waals surface area contributed by atoms with E-state index in [2.05, 4.69) is 14.3 Å². The standard InChI is InChI=1S/C17H17N3O2S/c21-23(22,14-6-2-1-3-7-14)18-12-17-19-15-8-4-5-9-16(15)20(17)13-10-11-13/h1-9,13,18H,10-12H2. The van der Waals surface area contributed by atoms with Gasteiger partial charge in [-0.05, 0) is 37.1 Å². The molecule has 1 N–H and O–H groups in total. The minimum atomic E-state index is -3.52. The zero-order valence-corrected chi connectivity index (χ0v) is 13.3. The van der Waals surface area contributed by atoms with Gasteiger partial charge in [-0.25, -0.2) is 18.1 Å². The van der Waals surface area contributed by atoms with Gasteiger partial charge in [-0.15, -0.1) is 0 Å². The highest BCUT2D eigenvalue weighted by molar-refractivity contribution is 7.89. The third-order valence-electron chi connectivity index (χ3n) is 4.05. The summed E-state index contributed by atoms with van der Waals surface area (Å²) in [6.07, 6.45) is 2.25. The summed E-state index contributed by atoms with van der Waals surface area (Å²) in [6.45, 7) is 0.197. The molecule has 0 aliphatic heterocycles. The van der Waals surface area contributed by atoms with E-state index in [0.29, 0.717) is 6.04 Å². The first-order valence-corrected chi connectivity index (χ1v) is 9.14. The molecule has 1 fully saturated rings. The number of aromatic nitrogens is 2. The molecule has 0 saturated heterocycles. The Morgan fingerprint density at radius 3 is 2.48 bits per heavy atom. The first-order chi connectivity index (χ1) is 11.1. The van der Waals surface area contributed by atoms with Gasteiger partial charge in [0, 0.05) is 6.04 Å². The van der Waals surface area contributed by atoms with E-state index in [1.165, 1.54) is 0 Å². The minimum Gasteiger partial charge on any atom is -0.324 e. The van der Waals surface area contributed by atoms with Crippen molar-refractivity contribution in [3.8, 4) is 0 Å². The summed E-state index contributed by atoms with van der Waals surface area (Å²) in [5.74, 6) is 0.771. The second kappa shape index (κ2) is 5.47. The molecule has 0 spiro atoms. The lowest BCUT2D eigenvalue weighted by molar-refractivity contribution is 0.575. The van der Waals surface area contributed by atoms with Crippen LogP contribution in [0.2, 0.25) is 0 Å². The Morgan fingerprint density at radius 2 is 1.74 bits per heavy atom. The van der Waals surface area contributed by atoms with Crippen LogP contribution in [0.3, 0.4) is 0 Å². The Bertz CT molecular complexity index is 944. The molecule has 118 valence electrons. The Kier molecular flexibility index (Phi) is 3.43. The minimum absolute atomic E-state index is 0.197. The fraction of sp³-hybridized carbons (Fsp3) is 0.235. The molecular weight excluding hydrogens is 310 g/mol. The van der Waals surface area contributed by atoms with Crippen molar-refractivity contribution < 1.29 is 8.42 Å². The van der Waals surface area contributed by atoms with Crippen molar-refractivity contribution in [2.45, 2.75) is 30.3 Å². The molecule has 0 unspecified atom stereocenters. The number of sulfonamides is 1. The molecule has 0 radical (unpaired) electrons. The number of fused-ring (bicyclic) bond motifs is 1. The van der Waals surface area contributed by atoms with Crippen molar-refractivity contribution in [2.24, 2.45) is 0 Å². The van der Waals surface area contributed by atoms with E-state index in [0.717, 1.165) is 29.7 Å². The number of imidazole rings is 1. The van der Waals surface area contributed by atoms with Crippen LogP contribution in [-0.2, 0) is 16.6 Å². The highest BCUT2D eigenvalue weighted by Gasteiger charge is 2.28. The number of benzene rings is 2. The molecule has 5 nitrogen and oxygen atoms in total. The molecule has 2 aromatic carbocycles. The van der Waals surface area contributed by atoms with Crippen LogP contribution < -0.4 is 4.72 Å². The van der Waals surface area contributed by atoms with Crippen molar-refractivity contribution in [3.63, 3.8) is 0 Å². The lowest BCUT2D eigenvalue weighted by atomic mass is 10.3. The van der Waals surface area contributed by atoms with Crippen LogP contribution in [0.4, 0.5) is 0 Å². The van der Waals surface area contributed by atoms with Crippen LogP contribution in [0.5, 0.6) is 0 Å². The van der Waals surface area contributed by atoms with Crippen LogP contribution in [0.25, 0.3) is 11.0 Å². The fourth-order valence-corrected chi connectivity index (χ4v) is 3.80. The van der Waals surface area contributed by atoms with Crippen molar-refractivity contribution in [3.05, 3.63) is 60.4 Å². The van der Waals surface area contributed by atoms with Crippen LogP contribution in [-0.4, -0.2) is 18.0 Å². The van der Waals surface area contributed by atoms with Crippen LogP contribution in [0.1, 0.15) is 24.7 Å². The molecule has 4 rings (SSSR count). The molecule has 1 heterocycles. The number of nitrogens with zero attached hydrogens (tertiary/aromatic N) is 2. The molecule has 0 amide bonds. The third kappa shape index (κ3) is 2.75. The number of hydrogen-bond donors (Lipinski definition) is 1. The largest absolute Gasteiger partial charge is 0.324 e. The maximum Gasteiger partial charge on any atom is 0.240 e. The van der Waals surface area contributed by atoms with Gasteiger partial charge in [-0.2, -0.15) is 0 Å². The molecular formula is C17H17N3O2S. The quantitative estimate of drug-likeness (QED) is 0.784. The summed E-state index contributed by atoms with van der Waals surface area (Å²) in [4.78, 5) is 4.88. The second-order valence-corrected chi connectivity index (χ2v) is 7.52. The predicted molar refractivity (Wildman–Crippen MR) is 88.5 cm³/mol. The second-order valence-electron chi connectivity index (χ2n) is 5.76.